The van der Waals surface area contributed by atoms with Crippen LogP contribution in [-0.4, -0.2) is 4.57 Å². The fraction of sp³-hybridized carbons (Fsp3) is 0.0385. The molecular weight excluding hydrogens is 667 g/mol. The molecule has 10 aromatic carbocycles. The van der Waals surface area contributed by atoms with Gasteiger partial charge >= 0.3 is 0 Å². The van der Waals surface area contributed by atoms with Gasteiger partial charge in [0.25, 0.3) is 0 Å². The normalized spacial score (nSPS) is 11.8. The summed E-state index contributed by atoms with van der Waals surface area (Å²) in [6.07, 6.45) is 0. The van der Waals surface area contributed by atoms with Gasteiger partial charge in [-0.05, 0) is 112 Å². The van der Waals surface area contributed by atoms with Gasteiger partial charge in [-0.1, -0.05) is 121 Å². The van der Waals surface area contributed by atoms with E-state index in [2.05, 4.69) is 215 Å². The molecule has 11 aromatic rings. The van der Waals surface area contributed by atoms with Crippen molar-refractivity contribution >= 4 is 99.0 Å². The number of aromatic nitrogens is 1. The Balaban J connectivity index is 1.15. The molecule has 0 atom stereocenters. The fourth-order valence-electron chi connectivity index (χ4n) is 9.03. The van der Waals surface area contributed by atoms with E-state index in [1.807, 2.05) is 0 Å². The lowest BCUT2D eigenvalue weighted by Crippen LogP contribution is -2.10. The molecule has 0 fully saturated rings. The number of hydrogen-bond acceptors (Lipinski definition) is 2. The molecule has 1 aromatic heterocycles. The zero-order valence-electron chi connectivity index (χ0n) is 30.5. The van der Waals surface area contributed by atoms with Crippen LogP contribution >= 0.6 is 0 Å². The highest BCUT2D eigenvalue weighted by Gasteiger charge is 2.22. The number of rotatable bonds is 7. The zero-order chi connectivity index (χ0) is 36.5. The van der Waals surface area contributed by atoms with Gasteiger partial charge in [0.2, 0.25) is 0 Å². The average Bonchev–Trinajstić information content (AvgIpc) is 3.56. The van der Waals surface area contributed by atoms with Crippen LogP contribution in [0.3, 0.4) is 0 Å². The molecule has 0 saturated carbocycles. The highest BCUT2D eigenvalue weighted by molar-refractivity contribution is 6.26. The van der Waals surface area contributed by atoms with Crippen molar-refractivity contribution in [1.82, 2.24) is 4.57 Å². The van der Waals surface area contributed by atoms with Crippen molar-refractivity contribution < 1.29 is 0 Å². The molecule has 0 aliphatic heterocycles. The van der Waals surface area contributed by atoms with Gasteiger partial charge in [-0.3, -0.25) is 0 Å². The Hall–Kier alpha value is -7.10. The molecule has 0 spiro atoms. The molecule has 0 radical (unpaired) electrons. The second-order valence-corrected chi connectivity index (χ2v) is 14.4. The van der Waals surface area contributed by atoms with Crippen LogP contribution < -0.4 is 9.80 Å². The summed E-state index contributed by atoms with van der Waals surface area (Å²) in [4.78, 5) is 4.85. The average molecular weight is 704 g/mol. The lowest BCUT2D eigenvalue weighted by atomic mass is 9.93. The van der Waals surface area contributed by atoms with Gasteiger partial charge in [-0.2, -0.15) is 0 Å². The second-order valence-electron chi connectivity index (χ2n) is 14.4. The predicted octanol–water partition coefficient (Wildman–Crippen LogP) is 14.8. The van der Waals surface area contributed by atoms with E-state index < -0.39 is 0 Å². The van der Waals surface area contributed by atoms with Crippen molar-refractivity contribution in [2.24, 2.45) is 0 Å². The smallest absolute Gasteiger partial charge is 0.0540 e. The zero-order valence-corrected chi connectivity index (χ0v) is 30.5. The fourth-order valence-corrected chi connectivity index (χ4v) is 9.03. The van der Waals surface area contributed by atoms with Gasteiger partial charge in [-0.15, -0.1) is 0 Å². The molecule has 3 heteroatoms. The van der Waals surface area contributed by atoms with E-state index in [1.165, 1.54) is 70.6 Å². The third kappa shape index (κ3) is 4.90. The molecule has 1 heterocycles. The number of nitrogens with zero attached hydrogens (tertiary/aromatic N) is 3. The van der Waals surface area contributed by atoms with Crippen molar-refractivity contribution in [3.63, 3.8) is 0 Å². The summed E-state index contributed by atoms with van der Waals surface area (Å²) in [6.45, 7) is 3.12. The van der Waals surface area contributed by atoms with E-state index in [4.69, 9.17) is 0 Å². The van der Waals surface area contributed by atoms with Crippen LogP contribution in [0.5, 0.6) is 0 Å². The molecule has 0 aliphatic rings. The van der Waals surface area contributed by atoms with Crippen LogP contribution in [0.1, 0.15) is 6.92 Å². The van der Waals surface area contributed by atoms with E-state index in [0.29, 0.717) is 0 Å². The second kappa shape index (κ2) is 12.5. The molecule has 0 saturated heterocycles. The summed E-state index contributed by atoms with van der Waals surface area (Å²) in [6, 6.07) is 71.1. The Morgan fingerprint density at radius 1 is 0.345 bits per heavy atom. The standard InChI is InChI=1S/C52H37N3/c1-2-53-47-31-27-41(54(39-17-5-3-6-18-39)49-22-12-14-35-13-9-10-21-43(35)49)33-45(47)46-34-42(28-32-48(46)53)55(40-19-7-4-8-20-40)50-30-26-38-24-23-36-15-11-16-37-25-29-44(50)52(38)51(36)37/h3-34H,2H2,1H3. The summed E-state index contributed by atoms with van der Waals surface area (Å²) < 4.78 is 2.45. The minimum absolute atomic E-state index is 0.877. The van der Waals surface area contributed by atoms with E-state index >= 15 is 0 Å². The van der Waals surface area contributed by atoms with Gasteiger partial charge < -0.3 is 14.4 Å². The van der Waals surface area contributed by atoms with E-state index in [1.54, 1.807) is 0 Å². The third-order valence-corrected chi connectivity index (χ3v) is 11.4. The molecule has 0 bridgehead atoms. The monoisotopic (exact) mass is 703 g/mol. The van der Waals surface area contributed by atoms with E-state index in [0.717, 1.165) is 35.0 Å². The van der Waals surface area contributed by atoms with Crippen molar-refractivity contribution in [3.8, 4) is 0 Å². The van der Waals surface area contributed by atoms with Gasteiger partial charge in [-0.25, -0.2) is 0 Å². The molecule has 0 amide bonds. The maximum Gasteiger partial charge on any atom is 0.0540 e. The van der Waals surface area contributed by atoms with E-state index in [9.17, 15) is 0 Å². The first-order valence-electron chi connectivity index (χ1n) is 19.2. The Kier molecular flexibility index (Phi) is 7.14. The van der Waals surface area contributed by atoms with Gasteiger partial charge in [0.05, 0.1) is 11.4 Å². The minimum atomic E-state index is 0.877. The summed E-state index contributed by atoms with van der Waals surface area (Å²) >= 11 is 0. The highest BCUT2D eigenvalue weighted by atomic mass is 15.2. The van der Waals surface area contributed by atoms with Crippen LogP contribution in [0.15, 0.2) is 194 Å². The maximum atomic E-state index is 2.45. The van der Waals surface area contributed by atoms with Crippen LogP contribution in [0.4, 0.5) is 34.1 Å². The molecule has 260 valence electrons. The Labute approximate surface area is 319 Å². The number of benzene rings is 10. The quantitative estimate of drug-likeness (QED) is 0.153. The van der Waals surface area contributed by atoms with Crippen molar-refractivity contribution in [3.05, 3.63) is 194 Å². The lowest BCUT2D eigenvalue weighted by Gasteiger charge is -2.28. The number of para-hydroxylation sites is 2. The van der Waals surface area contributed by atoms with Crippen LogP contribution in [-0.2, 0) is 6.54 Å². The molecule has 0 aliphatic carbocycles. The van der Waals surface area contributed by atoms with E-state index in [-0.39, 0.29) is 0 Å². The van der Waals surface area contributed by atoms with Crippen molar-refractivity contribution in [2.75, 3.05) is 9.80 Å². The maximum absolute atomic E-state index is 2.45. The lowest BCUT2D eigenvalue weighted by molar-refractivity contribution is 0.827. The minimum Gasteiger partial charge on any atom is -0.341 e. The van der Waals surface area contributed by atoms with Crippen molar-refractivity contribution in [1.29, 1.82) is 0 Å². The van der Waals surface area contributed by atoms with Crippen molar-refractivity contribution in [2.45, 2.75) is 13.5 Å². The molecule has 0 N–H and O–H groups in total. The summed E-state index contributed by atoms with van der Waals surface area (Å²) in [5.74, 6) is 0. The predicted molar refractivity (Wildman–Crippen MR) is 236 cm³/mol. The molecule has 55 heavy (non-hydrogen) atoms. The van der Waals surface area contributed by atoms with Crippen LogP contribution in [0.25, 0.3) is 64.9 Å². The third-order valence-electron chi connectivity index (χ3n) is 11.4. The number of fused-ring (bicyclic) bond motifs is 4. The molecule has 0 unspecified atom stereocenters. The topological polar surface area (TPSA) is 11.4 Å². The first-order chi connectivity index (χ1) is 27.2. The Morgan fingerprint density at radius 3 is 1.47 bits per heavy atom. The Morgan fingerprint density at radius 2 is 0.836 bits per heavy atom. The SMILES string of the molecule is CCn1c2ccc(N(c3ccccc3)c3cccc4ccccc34)cc2c2cc(N(c3ccccc3)c3ccc4ccc5cccc6ccc3c4c56)ccc21. The number of aryl methyl sites for hydroxylation is 1. The number of anilines is 6. The van der Waals surface area contributed by atoms with Gasteiger partial charge in [0, 0.05) is 61.9 Å². The molecular formula is C52H37N3. The summed E-state index contributed by atoms with van der Waals surface area (Å²) in [5, 5.41) is 12.6. The molecule has 11 rings (SSSR count). The van der Waals surface area contributed by atoms with Crippen LogP contribution in [0, 0.1) is 0 Å². The Bertz CT molecular complexity index is 3180. The first-order valence-corrected chi connectivity index (χ1v) is 19.2. The first kappa shape index (κ1) is 31.4. The van der Waals surface area contributed by atoms with Gasteiger partial charge in [0.1, 0.15) is 0 Å². The number of hydrogen-bond donors (Lipinski definition) is 0. The largest absolute Gasteiger partial charge is 0.341 e. The summed E-state index contributed by atoms with van der Waals surface area (Å²) in [7, 11) is 0. The van der Waals surface area contributed by atoms with Crippen LogP contribution in [0.2, 0.25) is 0 Å². The highest BCUT2D eigenvalue weighted by Crippen LogP contribution is 2.46. The molecule has 3 nitrogen and oxygen atoms in total. The summed E-state index contributed by atoms with van der Waals surface area (Å²) in [5.41, 5.74) is 9.31. The van der Waals surface area contributed by atoms with Gasteiger partial charge in [0.15, 0.2) is 0 Å².